The Hall–Kier alpha value is -1.53. The molecule has 2 fully saturated rings. The molecule has 2 heterocycles. The predicted molar refractivity (Wildman–Crippen MR) is 221 cm³/mol. The monoisotopic (exact) mass is 832 g/mol. The van der Waals surface area contributed by atoms with Crippen molar-refractivity contribution in [2.24, 2.45) is 0 Å². The molecule has 14 heteroatoms. The van der Waals surface area contributed by atoms with Gasteiger partial charge in [0.2, 0.25) is 5.91 Å². The summed E-state index contributed by atoms with van der Waals surface area (Å²) in [6, 6.07) is -0.910. The molecule has 12 atom stereocenters. The van der Waals surface area contributed by atoms with Crippen molar-refractivity contribution in [3.8, 4) is 0 Å². The van der Waals surface area contributed by atoms with Crippen molar-refractivity contribution in [2.45, 2.75) is 229 Å². The number of amides is 1. The van der Waals surface area contributed by atoms with Crippen molar-refractivity contribution < 1.29 is 64.6 Å². The van der Waals surface area contributed by atoms with Crippen LogP contribution in [0.15, 0.2) is 24.3 Å². The number of unbranched alkanes of at least 4 members (excludes halogenated alkanes) is 18. The zero-order chi connectivity index (χ0) is 42.5. The largest absolute Gasteiger partial charge is 0.394 e. The van der Waals surface area contributed by atoms with Crippen molar-refractivity contribution in [3.05, 3.63) is 24.3 Å². The summed E-state index contributed by atoms with van der Waals surface area (Å²) in [6.07, 6.45) is 15.4. The van der Waals surface area contributed by atoms with Gasteiger partial charge in [0.1, 0.15) is 48.8 Å². The molecule has 2 saturated heterocycles. The molecule has 0 radical (unpaired) electrons. The minimum absolute atomic E-state index is 0.250. The van der Waals surface area contributed by atoms with Gasteiger partial charge in [-0.05, 0) is 44.9 Å². The van der Waals surface area contributed by atoms with E-state index in [1.807, 2.05) is 6.08 Å². The molecule has 0 bridgehead atoms. The van der Waals surface area contributed by atoms with Crippen molar-refractivity contribution in [1.82, 2.24) is 5.32 Å². The van der Waals surface area contributed by atoms with E-state index in [2.05, 4.69) is 31.3 Å². The van der Waals surface area contributed by atoms with E-state index in [9.17, 15) is 45.6 Å². The molecule has 0 aromatic rings. The van der Waals surface area contributed by atoms with E-state index in [0.717, 1.165) is 57.8 Å². The fourth-order valence-corrected chi connectivity index (χ4v) is 7.34. The van der Waals surface area contributed by atoms with Gasteiger partial charge in [0, 0.05) is 6.42 Å². The molecule has 340 valence electrons. The second-order valence-electron chi connectivity index (χ2n) is 16.2. The first-order chi connectivity index (χ1) is 28.1. The quantitative estimate of drug-likeness (QED) is 0.0334. The normalized spacial score (nSPS) is 29.0. The van der Waals surface area contributed by atoms with Gasteiger partial charge in [-0.3, -0.25) is 4.79 Å². The molecular formula is C44H81NO13. The predicted octanol–water partition coefficient (Wildman–Crippen LogP) is 4.21. The van der Waals surface area contributed by atoms with E-state index in [0.29, 0.717) is 6.42 Å². The van der Waals surface area contributed by atoms with Crippen LogP contribution in [0.5, 0.6) is 0 Å². The van der Waals surface area contributed by atoms with E-state index in [1.54, 1.807) is 6.08 Å². The lowest BCUT2D eigenvalue weighted by atomic mass is 9.97. The van der Waals surface area contributed by atoms with E-state index >= 15 is 0 Å². The molecule has 0 saturated carbocycles. The minimum Gasteiger partial charge on any atom is -0.394 e. The first-order valence-corrected chi connectivity index (χ1v) is 22.6. The topological polar surface area (TPSA) is 228 Å². The zero-order valence-electron chi connectivity index (χ0n) is 35.5. The molecule has 0 spiro atoms. The van der Waals surface area contributed by atoms with Crippen LogP contribution in [0, 0.1) is 0 Å². The SMILES string of the molecule is CCCCCCC/C=C/C(O)C(COC1OC(CO)C(OC2OC(CO)C(O)C(O)C2O)C(O)C1O)NC(=O)CCCCCCCCC/C=C\CCCCCCCC. The number of ether oxygens (including phenoxy) is 4. The van der Waals surface area contributed by atoms with Gasteiger partial charge in [-0.15, -0.1) is 0 Å². The summed E-state index contributed by atoms with van der Waals surface area (Å²) in [5.74, 6) is -0.250. The fraction of sp³-hybridized carbons (Fsp3) is 0.886. The second-order valence-corrected chi connectivity index (χ2v) is 16.2. The van der Waals surface area contributed by atoms with Crippen LogP contribution in [0.3, 0.4) is 0 Å². The van der Waals surface area contributed by atoms with Gasteiger partial charge in [0.05, 0.1) is 32.0 Å². The molecule has 2 aliphatic heterocycles. The summed E-state index contributed by atoms with van der Waals surface area (Å²) < 4.78 is 22.5. The van der Waals surface area contributed by atoms with Crippen molar-refractivity contribution in [3.63, 3.8) is 0 Å². The van der Waals surface area contributed by atoms with Gasteiger partial charge in [-0.2, -0.15) is 0 Å². The molecule has 2 rings (SSSR count). The number of carbonyl (C=O) groups is 1. The molecule has 14 nitrogen and oxygen atoms in total. The summed E-state index contributed by atoms with van der Waals surface area (Å²) in [4.78, 5) is 13.0. The smallest absolute Gasteiger partial charge is 0.220 e. The maximum absolute atomic E-state index is 13.0. The number of allylic oxidation sites excluding steroid dienone is 3. The molecule has 12 unspecified atom stereocenters. The van der Waals surface area contributed by atoms with Crippen LogP contribution in [-0.2, 0) is 23.7 Å². The molecule has 2 aliphatic rings. The van der Waals surface area contributed by atoms with Crippen molar-refractivity contribution in [2.75, 3.05) is 19.8 Å². The molecule has 0 aliphatic carbocycles. The Labute approximate surface area is 348 Å². The van der Waals surface area contributed by atoms with E-state index in [4.69, 9.17) is 18.9 Å². The zero-order valence-corrected chi connectivity index (χ0v) is 35.5. The van der Waals surface area contributed by atoms with Crippen LogP contribution in [0.25, 0.3) is 0 Å². The number of nitrogens with one attached hydrogen (secondary N) is 1. The van der Waals surface area contributed by atoms with Gasteiger partial charge in [0.25, 0.3) is 0 Å². The van der Waals surface area contributed by atoms with Crippen molar-refractivity contribution in [1.29, 1.82) is 0 Å². The number of hydrogen-bond acceptors (Lipinski definition) is 13. The number of hydrogen-bond donors (Lipinski definition) is 9. The Morgan fingerprint density at radius 3 is 1.64 bits per heavy atom. The molecular weight excluding hydrogens is 750 g/mol. The average molecular weight is 832 g/mol. The van der Waals surface area contributed by atoms with Gasteiger partial charge >= 0.3 is 0 Å². The highest BCUT2D eigenvalue weighted by Crippen LogP contribution is 2.30. The fourth-order valence-electron chi connectivity index (χ4n) is 7.34. The highest BCUT2D eigenvalue weighted by atomic mass is 16.7. The Morgan fingerprint density at radius 2 is 1.09 bits per heavy atom. The Bertz CT molecular complexity index is 1080. The minimum atomic E-state index is -1.78. The third kappa shape index (κ3) is 20.4. The summed E-state index contributed by atoms with van der Waals surface area (Å²) in [7, 11) is 0. The number of carbonyl (C=O) groups excluding carboxylic acids is 1. The van der Waals surface area contributed by atoms with Crippen LogP contribution in [0.4, 0.5) is 0 Å². The van der Waals surface area contributed by atoms with Gasteiger partial charge < -0.3 is 65.1 Å². The molecule has 0 aromatic heterocycles. The molecule has 0 aromatic carbocycles. The van der Waals surface area contributed by atoms with Crippen LogP contribution in [0.1, 0.15) is 155 Å². The molecule has 1 amide bonds. The first-order valence-electron chi connectivity index (χ1n) is 22.6. The van der Waals surface area contributed by atoms with Crippen LogP contribution < -0.4 is 5.32 Å². The third-order valence-corrected chi connectivity index (χ3v) is 11.1. The van der Waals surface area contributed by atoms with Crippen LogP contribution in [-0.4, -0.2) is 140 Å². The lowest BCUT2D eigenvalue weighted by Gasteiger charge is -2.46. The number of aliphatic hydroxyl groups is 8. The van der Waals surface area contributed by atoms with Gasteiger partial charge in [-0.1, -0.05) is 128 Å². The highest BCUT2D eigenvalue weighted by molar-refractivity contribution is 5.76. The van der Waals surface area contributed by atoms with E-state index in [-0.39, 0.29) is 18.9 Å². The maximum Gasteiger partial charge on any atom is 0.220 e. The maximum atomic E-state index is 13.0. The summed E-state index contributed by atoms with van der Waals surface area (Å²) in [5, 5.41) is 86.1. The third-order valence-electron chi connectivity index (χ3n) is 11.1. The number of aliphatic hydroxyl groups excluding tert-OH is 8. The molecule has 58 heavy (non-hydrogen) atoms. The lowest BCUT2D eigenvalue weighted by Crippen LogP contribution is -2.65. The summed E-state index contributed by atoms with van der Waals surface area (Å²) in [6.45, 7) is 2.69. The Kier molecular flexibility index (Phi) is 29.2. The lowest BCUT2D eigenvalue weighted by molar-refractivity contribution is -0.359. The van der Waals surface area contributed by atoms with Crippen LogP contribution >= 0.6 is 0 Å². The number of rotatable bonds is 33. The first kappa shape index (κ1) is 52.6. The second kappa shape index (κ2) is 32.2. The van der Waals surface area contributed by atoms with E-state index in [1.165, 1.54) is 70.6 Å². The van der Waals surface area contributed by atoms with Crippen LogP contribution in [0.2, 0.25) is 0 Å². The summed E-state index contributed by atoms with van der Waals surface area (Å²) in [5.41, 5.74) is 0. The average Bonchev–Trinajstić information content (AvgIpc) is 3.22. The van der Waals surface area contributed by atoms with Crippen molar-refractivity contribution >= 4 is 5.91 Å². The Morgan fingerprint density at radius 1 is 0.603 bits per heavy atom. The highest BCUT2D eigenvalue weighted by Gasteiger charge is 2.50. The Balaban J connectivity index is 1.84. The standard InChI is InChI=1S/C44H81NO13/c1-3-5-7-9-11-12-13-14-15-16-17-18-19-20-22-24-26-28-36(49)45-32(33(48)27-25-23-21-10-8-6-4-2)31-55-43-41(54)39(52)42(35(30-47)57-43)58-44-40(53)38(51)37(50)34(29-46)56-44/h14-15,25,27,32-35,37-44,46-48,50-54H,3-13,16-24,26,28-31H2,1-2H3,(H,45,49)/b15-14-,27-25+. The van der Waals surface area contributed by atoms with Gasteiger partial charge in [0.15, 0.2) is 12.6 Å². The van der Waals surface area contributed by atoms with Gasteiger partial charge in [-0.25, -0.2) is 0 Å². The summed E-state index contributed by atoms with van der Waals surface area (Å²) >= 11 is 0. The molecule has 9 N–H and O–H groups in total. The van der Waals surface area contributed by atoms with E-state index < -0.39 is 86.8 Å².